The zero-order valence-corrected chi connectivity index (χ0v) is 11.2. The third kappa shape index (κ3) is 3.68. The van der Waals surface area contributed by atoms with Crippen molar-refractivity contribution in [2.75, 3.05) is 5.32 Å². The van der Waals surface area contributed by atoms with E-state index >= 15 is 0 Å². The fraction of sp³-hybridized carbons (Fsp3) is 0.214. The van der Waals surface area contributed by atoms with Gasteiger partial charge in [-0.15, -0.1) is 0 Å². The van der Waals surface area contributed by atoms with E-state index < -0.39 is 5.97 Å². The Morgan fingerprint density at radius 2 is 1.95 bits per heavy atom. The molecule has 2 rings (SSSR count). The summed E-state index contributed by atoms with van der Waals surface area (Å²) in [5, 5.41) is 11.8. The van der Waals surface area contributed by atoms with Crippen LogP contribution in [0.2, 0.25) is 0 Å². The summed E-state index contributed by atoms with van der Waals surface area (Å²) >= 11 is 0. The molecule has 1 aromatic heterocycles. The van der Waals surface area contributed by atoms with E-state index in [9.17, 15) is 4.79 Å². The number of benzene rings is 1. The molecular formula is C14H15N3O3. The molecule has 0 aliphatic rings. The zero-order valence-electron chi connectivity index (χ0n) is 11.2. The second-order valence-electron chi connectivity index (χ2n) is 4.39. The topological polar surface area (TPSA) is 84.3 Å². The van der Waals surface area contributed by atoms with Gasteiger partial charge in [0.2, 0.25) is 11.8 Å². The number of anilines is 2. The number of carboxylic acid groups (broad SMARTS) is 1. The van der Waals surface area contributed by atoms with Gasteiger partial charge in [0, 0.05) is 18.0 Å². The maximum atomic E-state index is 10.8. The van der Waals surface area contributed by atoms with Gasteiger partial charge < -0.3 is 15.2 Å². The maximum absolute atomic E-state index is 10.8. The Bertz CT molecular complexity index is 597. The number of hydrogen-bond donors (Lipinski definition) is 2. The van der Waals surface area contributed by atoms with Crippen molar-refractivity contribution in [3.8, 4) is 5.88 Å². The second-order valence-corrected chi connectivity index (χ2v) is 4.39. The van der Waals surface area contributed by atoms with Gasteiger partial charge in [0.25, 0.3) is 0 Å². The number of nitrogens with zero attached hydrogens (tertiary/aromatic N) is 2. The number of ether oxygens (including phenoxy) is 1. The van der Waals surface area contributed by atoms with E-state index in [4.69, 9.17) is 9.84 Å². The van der Waals surface area contributed by atoms with Crippen molar-refractivity contribution in [3.63, 3.8) is 0 Å². The summed E-state index contributed by atoms with van der Waals surface area (Å²) in [6, 6.07) is 8.02. The molecule has 0 aliphatic heterocycles. The van der Waals surface area contributed by atoms with Gasteiger partial charge in [-0.2, -0.15) is 4.98 Å². The highest BCUT2D eigenvalue weighted by atomic mass is 16.5. The van der Waals surface area contributed by atoms with Gasteiger partial charge in [0.1, 0.15) is 0 Å². The van der Waals surface area contributed by atoms with Gasteiger partial charge in [0.15, 0.2) is 0 Å². The summed E-state index contributed by atoms with van der Waals surface area (Å²) in [5.74, 6) is -0.0778. The Morgan fingerprint density at radius 1 is 1.25 bits per heavy atom. The average Bonchev–Trinajstić information content (AvgIpc) is 2.39. The SMILES string of the molecule is CC(C)Oc1ccnc(Nc2ccc(C(=O)O)cc2)n1. The monoisotopic (exact) mass is 273 g/mol. The van der Waals surface area contributed by atoms with Crippen LogP contribution in [0.4, 0.5) is 11.6 Å². The highest BCUT2D eigenvalue weighted by Gasteiger charge is 2.04. The molecule has 0 radical (unpaired) electrons. The lowest BCUT2D eigenvalue weighted by atomic mass is 10.2. The molecule has 0 unspecified atom stereocenters. The third-order valence-electron chi connectivity index (χ3n) is 2.37. The molecule has 6 nitrogen and oxygen atoms in total. The Hall–Kier alpha value is -2.63. The molecule has 6 heteroatoms. The first kappa shape index (κ1) is 13.8. The zero-order chi connectivity index (χ0) is 14.5. The minimum absolute atomic E-state index is 0.0348. The maximum Gasteiger partial charge on any atom is 0.335 e. The molecule has 1 aromatic carbocycles. The van der Waals surface area contributed by atoms with Crippen molar-refractivity contribution in [2.45, 2.75) is 20.0 Å². The lowest BCUT2D eigenvalue weighted by Crippen LogP contribution is -2.08. The molecule has 104 valence electrons. The van der Waals surface area contributed by atoms with Crippen LogP contribution >= 0.6 is 0 Å². The van der Waals surface area contributed by atoms with E-state index in [1.165, 1.54) is 12.1 Å². The molecule has 0 bridgehead atoms. The van der Waals surface area contributed by atoms with Gasteiger partial charge in [0.05, 0.1) is 11.7 Å². The van der Waals surface area contributed by atoms with Crippen LogP contribution in [0.5, 0.6) is 5.88 Å². The van der Waals surface area contributed by atoms with Crippen molar-refractivity contribution in [3.05, 3.63) is 42.1 Å². The van der Waals surface area contributed by atoms with Crippen molar-refractivity contribution < 1.29 is 14.6 Å². The Balaban J connectivity index is 2.11. The minimum atomic E-state index is -0.958. The summed E-state index contributed by atoms with van der Waals surface area (Å²) in [7, 11) is 0. The molecule has 0 amide bonds. The molecule has 0 aliphatic carbocycles. The molecule has 0 saturated carbocycles. The molecule has 0 saturated heterocycles. The summed E-state index contributed by atoms with van der Waals surface area (Å²) in [5.41, 5.74) is 0.935. The van der Waals surface area contributed by atoms with Crippen LogP contribution in [0.15, 0.2) is 36.5 Å². The predicted octanol–water partition coefficient (Wildman–Crippen LogP) is 2.71. The Kier molecular flexibility index (Phi) is 4.14. The summed E-state index contributed by atoms with van der Waals surface area (Å²) in [6.45, 7) is 3.83. The fourth-order valence-corrected chi connectivity index (χ4v) is 1.53. The lowest BCUT2D eigenvalue weighted by molar-refractivity contribution is 0.0697. The van der Waals surface area contributed by atoms with Crippen LogP contribution < -0.4 is 10.1 Å². The van der Waals surface area contributed by atoms with Crippen LogP contribution in [0, 0.1) is 0 Å². The van der Waals surface area contributed by atoms with Gasteiger partial charge in [-0.1, -0.05) is 0 Å². The Morgan fingerprint density at radius 3 is 2.55 bits per heavy atom. The number of carboxylic acids is 1. The van der Waals surface area contributed by atoms with E-state index in [1.807, 2.05) is 13.8 Å². The average molecular weight is 273 g/mol. The smallest absolute Gasteiger partial charge is 0.335 e. The van der Waals surface area contributed by atoms with Crippen molar-refractivity contribution >= 4 is 17.6 Å². The summed E-state index contributed by atoms with van der Waals surface area (Å²) in [4.78, 5) is 19.0. The van der Waals surface area contributed by atoms with E-state index in [0.29, 0.717) is 17.5 Å². The minimum Gasteiger partial charge on any atom is -0.478 e. The highest BCUT2D eigenvalue weighted by Crippen LogP contribution is 2.16. The van der Waals surface area contributed by atoms with Crippen LogP contribution in [-0.2, 0) is 0 Å². The quantitative estimate of drug-likeness (QED) is 0.871. The van der Waals surface area contributed by atoms with Crippen molar-refractivity contribution in [1.29, 1.82) is 0 Å². The van der Waals surface area contributed by atoms with Crippen LogP contribution in [-0.4, -0.2) is 27.1 Å². The lowest BCUT2D eigenvalue weighted by Gasteiger charge is -2.10. The number of aromatic carboxylic acids is 1. The second kappa shape index (κ2) is 6.01. The van der Waals surface area contributed by atoms with Gasteiger partial charge in [-0.05, 0) is 38.1 Å². The number of aromatic nitrogens is 2. The number of carbonyl (C=O) groups is 1. The molecular weight excluding hydrogens is 258 g/mol. The van der Waals surface area contributed by atoms with E-state index in [1.54, 1.807) is 24.4 Å². The van der Waals surface area contributed by atoms with Crippen LogP contribution in [0.1, 0.15) is 24.2 Å². The van der Waals surface area contributed by atoms with E-state index in [2.05, 4.69) is 15.3 Å². The van der Waals surface area contributed by atoms with E-state index in [0.717, 1.165) is 0 Å². The van der Waals surface area contributed by atoms with Crippen LogP contribution in [0.25, 0.3) is 0 Å². The molecule has 2 N–H and O–H groups in total. The standard InChI is InChI=1S/C14H15N3O3/c1-9(2)20-12-7-8-15-14(17-12)16-11-5-3-10(4-6-11)13(18)19/h3-9H,1-2H3,(H,18,19)(H,15,16,17). The van der Waals surface area contributed by atoms with Gasteiger partial charge in [-0.3, -0.25) is 0 Å². The summed E-state index contributed by atoms with van der Waals surface area (Å²) < 4.78 is 5.47. The molecule has 1 heterocycles. The third-order valence-corrected chi connectivity index (χ3v) is 2.37. The number of hydrogen-bond acceptors (Lipinski definition) is 5. The summed E-state index contributed by atoms with van der Waals surface area (Å²) in [6.07, 6.45) is 1.63. The fourth-order valence-electron chi connectivity index (χ4n) is 1.53. The predicted molar refractivity (Wildman–Crippen MR) is 74.5 cm³/mol. The molecule has 0 spiro atoms. The number of nitrogens with one attached hydrogen (secondary N) is 1. The van der Waals surface area contributed by atoms with Crippen LogP contribution in [0.3, 0.4) is 0 Å². The number of rotatable bonds is 5. The van der Waals surface area contributed by atoms with Gasteiger partial charge >= 0.3 is 5.97 Å². The Labute approximate surface area is 116 Å². The first-order chi connectivity index (χ1) is 9.54. The molecule has 20 heavy (non-hydrogen) atoms. The first-order valence-corrected chi connectivity index (χ1v) is 6.14. The normalized spacial score (nSPS) is 10.3. The van der Waals surface area contributed by atoms with Crippen molar-refractivity contribution in [2.24, 2.45) is 0 Å². The molecule has 0 fully saturated rings. The van der Waals surface area contributed by atoms with E-state index in [-0.39, 0.29) is 11.7 Å². The highest BCUT2D eigenvalue weighted by molar-refractivity contribution is 5.88. The van der Waals surface area contributed by atoms with Gasteiger partial charge in [-0.25, -0.2) is 9.78 Å². The molecule has 0 atom stereocenters. The largest absolute Gasteiger partial charge is 0.478 e. The first-order valence-electron chi connectivity index (χ1n) is 6.14. The van der Waals surface area contributed by atoms with Crippen molar-refractivity contribution in [1.82, 2.24) is 9.97 Å². The molecule has 2 aromatic rings.